The van der Waals surface area contributed by atoms with Gasteiger partial charge in [0.2, 0.25) is 0 Å². The molecule has 2 atom stereocenters. The van der Waals surface area contributed by atoms with Crippen LogP contribution in [0.25, 0.3) is 0 Å². The summed E-state index contributed by atoms with van der Waals surface area (Å²) < 4.78 is 0. The number of hydrogen-bond acceptors (Lipinski definition) is 2. The first-order chi connectivity index (χ1) is 4.74. The van der Waals surface area contributed by atoms with Gasteiger partial charge in [-0.05, 0) is 26.4 Å². The van der Waals surface area contributed by atoms with Crippen LogP contribution in [0.4, 0.5) is 0 Å². The van der Waals surface area contributed by atoms with Crippen LogP contribution < -0.4 is 5.32 Å². The summed E-state index contributed by atoms with van der Waals surface area (Å²) in [6.07, 6.45) is 1.36. The van der Waals surface area contributed by atoms with E-state index in [0.717, 1.165) is 18.5 Å². The van der Waals surface area contributed by atoms with Crippen molar-refractivity contribution in [1.29, 1.82) is 0 Å². The number of hydrogen-bond donors (Lipinski definition) is 1. The SMILES string of the molecule is CNC[C@@H]1CC(C)CN1C. The minimum absolute atomic E-state index is 0.778. The molecule has 0 aromatic heterocycles. The van der Waals surface area contributed by atoms with Crippen LogP contribution in [0.3, 0.4) is 0 Å². The number of likely N-dealkylation sites (N-methyl/N-ethyl adjacent to an activating group) is 2. The molecule has 0 bridgehead atoms. The van der Waals surface area contributed by atoms with Crippen LogP contribution in [0.1, 0.15) is 13.3 Å². The summed E-state index contributed by atoms with van der Waals surface area (Å²) in [5, 5.41) is 3.22. The summed E-state index contributed by atoms with van der Waals surface area (Å²) >= 11 is 0. The van der Waals surface area contributed by atoms with E-state index in [1.165, 1.54) is 13.0 Å². The molecule has 2 nitrogen and oxygen atoms in total. The highest BCUT2D eigenvalue weighted by Crippen LogP contribution is 2.19. The minimum Gasteiger partial charge on any atom is -0.318 e. The molecule has 1 fully saturated rings. The summed E-state index contributed by atoms with van der Waals surface area (Å²) in [7, 11) is 4.24. The van der Waals surface area contributed by atoms with Crippen molar-refractivity contribution in [3.63, 3.8) is 0 Å². The molecule has 1 unspecified atom stereocenters. The molecule has 1 saturated heterocycles. The van der Waals surface area contributed by atoms with Gasteiger partial charge in [0.25, 0.3) is 0 Å². The second-order valence-electron chi connectivity index (χ2n) is 3.49. The molecule has 0 aromatic rings. The lowest BCUT2D eigenvalue weighted by molar-refractivity contribution is 0.303. The smallest absolute Gasteiger partial charge is 0.0220 e. The van der Waals surface area contributed by atoms with Gasteiger partial charge in [0.05, 0.1) is 0 Å². The average Bonchev–Trinajstić information content (AvgIpc) is 2.13. The zero-order valence-corrected chi connectivity index (χ0v) is 7.22. The third kappa shape index (κ3) is 1.70. The predicted molar refractivity (Wildman–Crippen MR) is 44.1 cm³/mol. The maximum Gasteiger partial charge on any atom is 0.0220 e. The van der Waals surface area contributed by atoms with Gasteiger partial charge in [0.1, 0.15) is 0 Å². The molecule has 0 amide bonds. The molecule has 2 heteroatoms. The summed E-state index contributed by atoms with van der Waals surface area (Å²) in [5.74, 6) is 0.892. The molecule has 0 radical (unpaired) electrons. The summed E-state index contributed by atoms with van der Waals surface area (Å²) in [5.41, 5.74) is 0. The van der Waals surface area contributed by atoms with E-state index in [2.05, 4.69) is 24.2 Å². The van der Waals surface area contributed by atoms with Crippen molar-refractivity contribution in [2.24, 2.45) is 5.92 Å². The van der Waals surface area contributed by atoms with Crippen molar-refractivity contribution in [3.8, 4) is 0 Å². The van der Waals surface area contributed by atoms with Crippen molar-refractivity contribution in [2.45, 2.75) is 19.4 Å². The fraction of sp³-hybridized carbons (Fsp3) is 1.00. The van der Waals surface area contributed by atoms with E-state index in [1.54, 1.807) is 0 Å². The van der Waals surface area contributed by atoms with Gasteiger partial charge < -0.3 is 10.2 Å². The van der Waals surface area contributed by atoms with Crippen molar-refractivity contribution < 1.29 is 0 Å². The standard InChI is InChI=1S/C8H18N2/c1-7-4-8(5-9-2)10(3)6-7/h7-9H,4-6H2,1-3H3/t7?,8-/m0/s1. The molecule has 1 aliphatic rings. The fourth-order valence-corrected chi connectivity index (χ4v) is 1.83. The number of nitrogens with one attached hydrogen (secondary N) is 1. The van der Waals surface area contributed by atoms with E-state index in [4.69, 9.17) is 0 Å². The van der Waals surface area contributed by atoms with Gasteiger partial charge in [0, 0.05) is 19.1 Å². The lowest BCUT2D eigenvalue weighted by atomic mass is 10.1. The van der Waals surface area contributed by atoms with Crippen LogP contribution >= 0.6 is 0 Å². The van der Waals surface area contributed by atoms with E-state index in [-0.39, 0.29) is 0 Å². The Kier molecular flexibility index (Phi) is 2.69. The Morgan fingerprint density at radius 3 is 2.70 bits per heavy atom. The van der Waals surface area contributed by atoms with Crippen LogP contribution in [-0.4, -0.2) is 38.1 Å². The molecular weight excluding hydrogens is 124 g/mol. The lowest BCUT2D eigenvalue weighted by Gasteiger charge is -2.17. The summed E-state index contributed by atoms with van der Waals surface area (Å²) in [4.78, 5) is 2.45. The molecule has 0 spiro atoms. The van der Waals surface area contributed by atoms with Gasteiger partial charge in [-0.1, -0.05) is 6.92 Å². The highest BCUT2D eigenvalue weighted by molar-refractivity contribution is 4.81. The highest BCUT2D eigenvalue weighted by atomic mass is 15.2. The molecule has 1 heterocycles. The molecule has 0 aliphatic carbocycles. The normalized spacial score (nSPS) is 35.1. The molecule has 0 saturated carbocycles. The maximum absolute atomic E-state index is 3.22. The average molecular weight is 142 g/mol. The largest absolute Gasteiger partial charge is 0.318 e. The Morgan fingerprint density at radius 1 is 1.60 bits per heavy atom. The molecule has 10 heavy (non-hydrogen) atoms. The van der Waals surface area contributed by atoms with Crippen LogP contribution in [0.15, 0.2) is 0 Å². The number of likely N-dealkylation sites (tertiary alicyclic amines) is 1. The fourth-order valence-electron chi connectivity index (χ4n) is 1.83. The Labute approximate surface area is 63.6 Å². The van der Waals surface area contributed by atoms with E-state index in [9.17, 15) is 0 Å². The Bertz CT molecular complexity index is 103. The van der Waals surface area contributed by atoms with Gasteiger partial charge >= 0.3 is 0 Å². The van der Waals surface area contributed by atoms with Gasteiger partial charge in [-0.15, -0.1) is 0 Å². The Hall–Kier alpha value is -0.0800. The molecule has 1 aliphatic heterocycles. The van der Waals surface area contributed by atoms with Crippen molar-refractivity contribution in [2.75, 3.05) is 27.2 Å². The van der Waals surface area contributed by atoms with Gasteiger partial charge in [-0.3, -0.25) is 0 Å². The first-order valence-corrected chi connectivity index (χ1v) is 4.09. The third-order valence-corrected chi connectivity index (χ3v) is 2.34. The quantitative estimate of drug-likeness (QED) is 0.605. The predicted octanol–water partition coefficient (Wildman–Crippen LogP) is 0.546. The van der Waals surface area contributed by atoms with Crippen LogP contribution in [0.2, 0.25) is 0 Å². The van der Waals surface area contributed by atoms with Crippen LogP contribution in [-0.2, 0) is 0 Å². The first kappa shape index (κ1) is 8.02. The second kappa shape index (κ2) is 3.35. The molecule has 0 aromatic carbocycles. The molecule has 60 valence electrons. The maximum atomic E-state index is 3.22. The molecule has 1 N–H and O–H groups in total. The monoisotopic (exact) mass is 142 g/mol. The Balaban J connectivity index is 2.31. The zero-order valence-electron chi connectivity index (χ0n) is 7.22. The van der Waals surface area contributed by atoms with E-state index in [1.807, 2.05) is 7.05 Å². The van der Waals surface area contributed by atoms with Crippen molar-refractivity contribution >= 4 is 0 Å². The van der Waals surface area contributed by atoms with Crippen molar-refractivity contribution in [3.05, 3.63) is 0 Å². The zero-order chi connectivity index (χ0) is 7.56. The van der Waals surface area contributed by atoms with E-state index in [0.29, 0.717) is 0 Å². The summed E-state index contributed by atoms with van der Waals surface area (Å²) in [6, 6.07) is 0.778. The van der Waals surface area contributed by atoms with E-state index >= 15 is 0 Å². The van der Waals surface area contributed by atoms with Crippen LogP contribution in [0.5, 0.6) is 0 Å². The Morgan fingerprint density at radius 2 is 2.30 bits per heavy atom. The number of nitrogens with zero attached hydrogens (tertiary/aromatic N) is 1. The van der Waals surface area contributed by atoms with Crippen LogP contribution in [0, 0.1) is 5.92 Å². The number of rotatable bonds is 2. The van der Waals surface area contributed by atoms with Crippen molar-refractivity contribution in [1.82, 2.24) is 10.2 Å². The molecular formula is C8H18N2. The van der Waals surface area contributed by atoms with Gasteiger partial charge in [-0.25, -0.2) is 0 Å². The second-order valence-corrected chi connectivity index (χ2v) is 3.49. The summed E-state index contributed by atoms with van der Waals surface area (Å²) in [6.45, 7) is 4.74. The van der Waals surface area contributed by atoms with E-state index < -0.39 is 0 Å². The van der Waals surface area contributed by atoms with Gasteiger partial charge in [-0.2, -0.15) is 0 Å². The third-order valence-electron chi connectivity index (χ3n) is 2.34. The highest BCUT2D eigenvalue weighted by Gasteiger charge is 2.25. The molecule has 1 rings (SSSR count). The first-order valence-electron chi connectivity index (χ1n) is 4.09. The van der Waals surface area contributed by atoms with Gasteiger partial charge in [0.15, 0.2) is 0 Å². The lowest BCUT2D eigenvalue weighted by Crippen LogP contribution is -2.33. The topological polar surface area (TPSA) is 15.3 Å². The minimum atomic E-state index is 0.778.